The lowest BCUT2D eigenvalue weighted by atomic mass is 10.0. The summed E-state index contributed by atoms with van der Waals surface area (Å²) in [6.45, 7) is 3.94. The number of piperidine rings is 1. The van der Waals surface area contributed by atoms with Gasteiger partial charge in [-0.3, -0.25) is 4.90 Å². The van der Waals surface area contributed by atoms with E-state index in [-0.39, 0.29) is 11.8 Å². The van der Waals surface area contributed by atoms with E-state index in [1.165, 1.54) is 20.5 Å². The fraction of sp³-hybridized carbons (Fsp3) is 0.500. The molecule has 0 radical (unpaired) electrons. The first-order chi connectivity index (χ1) is 13.4. The number of nitrogens with zero attached hydrogens (tertiary/aromatic N) is 1. The average Bonchev–Trinajstić information content (AvgIpc) is 2.91. The molecule has 3 N–H and O–H groups in total. The van der Waals surface area contributed by atoms with Gasteiger partial charge in [0.15, 0.2) is 0 Å². The molecule has 0 bridgehead atoms. The summed E-state index contributed by atoms with van der Waals surface area (Å²) in [6, 6.07) is 8.48. The summed E-state index contributed by atoms with van der Waals surface area (Å²) in [5.41, 5.74) is 1.32. The summed E-state index contributed by atoms with van der Waals surface area (Å²) in [4.78, 5) is 12.5. The van der Waals surface area contributed by atoms with Gasteiger partial charge in [-0.1, -0.05) is 24.6 Å². The Balaban J connectivity index is 0.000000370. The second kappa shape index (κ2) is 9.41. The van der Waals surface area contributed by atoms with Crippen LogP contribution in [0.1, 0.15) is 29.7 Å². The molecule has 1 aliphatic heterocycles. The Kier molecular flexibility index (Phi) is 7.66. The lowest BCUT2D eigenvalue weighted by Gasteiger charge is -2.35. The number of nitrogens with two attached hydrogens (primary N) is 1. The first kappa shape index (κ1) is 23.6. The lowest BCUT2D eigenvalue weighted by Crippen LogP contribution is -2.44. The van der Waals surface area contributed by atoms with Crippen molar-refractivity contribution in [2.75, 3.05) is 12.3 Å². The van der Waals surface area contributed by atoms with Gasteiger partial charge in [0.1, 0.15) is 0 Å². The number of aliphatic carboxylic acids is 1. The van der Waals surface area contributed by atoms with Crippen LogP contribution in [0.3, 0.4) is 0 Å². The third kappa shape index (κ3) is 6.95. The second-order valence-corrected chi connectivity index (χ2v) is 9.69. The summed E-state index contributed by atoms with van der Waals surface area (Å²) in [7, 11) is -3.42. The molecule has 1 atom stereocenters. The number of thiophene rings is 1. The zero-order valence-electron chi connectivity index (χ0n) is 15.8. The molecule has 1 saturated heterocycles. The lowest BCUT2D eigenvalue weighted by molar-refractivity contribution is -0.192. The van der Waals surface area contributed by atoms with Gasteiger partial charge in [-0.2, -0.15) is 13.2 Å². The molecule has 1 aromatic carbocycles. The number of fused-ring (bicyclic) bond motifs is 1. The van der Waals surface area contributed by atoms with Gasteiger partial charge in [0.05, 0.1) is 5.75 Å². The highest BCUT2D eigenvalue weighted by Crippen LogP contribution is 2.32. The highest BCUT2D eigenvalue weighted by atomic mass is 32.2. The van der Waals surface area contributed by atoms with Crippen molar-refractivity contribution in [1.29, 1.82) is 0 Å². The largest absolute Gasteiger partial charge is 0.490 e. The quantitative estimate of drug-likeness (QED) is 0.740. The van der Waals surface area contributed by atoms with Crippen molar-refractivity contribution in [3.05, 3.63) is 34.7 Å². The van der Waals surface area contributed by atoms with E-state index < -0.39 is 22.2 Å². The summed E-state index contributed by atoms with van der Waals surface area (Å²) < 4.78 is 56.0. The predicted molar refractivity (Wildman–Crippen MR) is 106 cm³/mol. The van der Waals surface area contributed by atoms with E-state index in [0.717, 1.165) is 32.4 Å². The highest BCUT2D eigenvalue weighted by Gasteiger charge is 2.38. The third-order valence-electron chi connectivity index (χ3n) is 4.71. The number of aryl methyl sites for hydroxylation is 1. The van der Waals surface area contributed by atoms with Crippen molar-refractivity contribution in [2.24, 2.45) is 5.14 Å². The molecule has 0 saturated carbocycles. The van der Waals surface area contributed by atoms with Gasteiger partial charge in [0, 0.05) is 22.2 Å². The Morgan fingerprint density at radius 1 is 1.31 bits per heavy atom. The molecule has 3 rings (SSSR count). The SMILES string of the molecule is Cc1c(CN2CCCCC2CS(N)(=O)=O)sc2ccccc12.O=C(O)C(F)(F)F. The minimum Gasteiger partial charge on any atom is -0.475 e. The molecule has 0 amide bonds. The van der Waals surface area contributed by atoms with Gasteiger partial charge in [-0.05, 0) is 43.3 Å². The molecule has 1 fully saturated rings. The minimum atomic E-state index is -5.08. The van der Waals surface area contributed by atoms with Gasteiger partial charge in [0.2, 0.25) is 10.0 Å². The molecule has 29 heavy (non-hydrogen) atoms. The van der Waals surface area contributed by atoms with E-state index in [2.05, 4.69) is 36.1 Å². The number of hydrogen-bond acceptors (Lipinski definition) is 5. The summed E-state index contributed by atoms with van der Waals surface area (Å²) in [5.74, 6) is -2.69. The Bertz CT molecular complexity index is 958. The molecule has 6 nitrogen and oxygen atoms in total. The van der Waals surface area contributed by atoms with Crippen molar-refractivity contribution in [1.82, 2.24) is 4.90 Å². The fourth-order valence-corrected chi connectivity index (χ4v) is 5.44. The zero-order valence-corrected chi connectivity index (χ0v) is 17.4. The number of carboxylic acids is 1. The standard InChI is InChI=1S/C16H22N2O2S2.C2HF3O2/c1-12-14-7-2-3-8-15(14)21-16(12)10-18-9-5-4-6-13(18)11-22(17,19)20;3-2(4,5)1(6)7/h2-3,7-8,13H,4-6,9-11H2,1H3,(H2,17,19,20);(H,6,7). The summed E-state index contributed by atoms with van der Waals surface area (Å²) >= 11 is 1.82. The molecule has 0 aliphatic carbocycles. The number of primary sulfonamides is 1. The van der Waals surface area contributed by atoms with Crippen molar-refractivity contribution < 1.29 is 31.5 Å². The Hall–Kier alpha value is -1.69. The Morgan fingerprint density at radius 2 is 1.93 bits per heavy atom. The van der Waals surface area contributed by atoms with Crippen molar-refractivity contribution >= 4 is 37.4 Å². The number of rotatable bonds is 4. The predicted octanol–water partition coefficient (Wildman–Crippen LogP) is 3.49. The van der Waals surface area contributed by atoms with Gasteiger partial charge >= 0.3 is 12.1 Å². The van der Waals surface area contributed by atoms with Crippen LogP contribution in [-0.4, -0.2) is 48.9 Å². The van der Waals surface area contributed by atoms with Crippen LogP contribution in [0.15, 0.2) is 24.3 Å². The molecular weight excluding hydrogens is 429 g/mol. The molecule has 2 aromatic rings. The van der Waals surface area contributed by atoms with E-state index in [1.807, 2.05) is 11.3 Å². The van der Waals surface area contributed by atoms with Crippen molar-refractivity contribution in [3.63, 3.8) is 0 Å². The van der Waals surface area contributed by atoms with Gasteiger partial charge in [0.25, 0.3) is 0 Å². The van der Waals surface area contributed by atoms with E-state index in [4.69, 9.17) is 15.0 Å². The molecule has 1 unspecified atom stereocenters. The van der Waals surface area contributed by atoms with Crippen LogP contribution in [-0.2, 0) is 21.4 Å². The number of alkyl halides is 3. The van der Waals surface area contributed by atoms with Gasteiger partial charge < -0.3 is 5.11 Å². The number of benzene rings is 1. The smallest absolute Gasteiger partial charge is 0.475 e. The van der Waals surface area contributed by atoms with E-state index >= 15 is 0 Å². The first-order valence-corrected chi connectivity index (χ1v) is 11.4. The maximum absolute atomic E-state index is 11.5. The number of halogens is 3. The summed E-state index contributed by atoms with van der Waals surface area (Å²) in [5, 5.41) is 13.7. The molecule has 1 aliphatic rings. The van der Waals surface area contributed by atoms with Gasteiger partial charge in [-0.15, -0.1) is 11.3 Å². The van der Waals surface area contributed by atoms with E-state index in [9.17, 15) is 21.6 Å². The monoisotopic (exact) mass is 452 g/mol. The van der Waals surface area contributed by atoms with Crippen LogP contribution in [0, 0.1) is 6.92 Å². The molecule has 11 heteroatoms. The topological polar surface area (TPSA) is 101 Å². The molecule has 162 valence electrons. The number of hydrogen-bond donors (Lipinski definition) is 2. The second-order valence-electron chi connectivity index (χ2n) is 6.90. The van der Waals surface area contributed by atoms with Crippen LogP contribution in [0.25, 0.3) is 10.1 Å². The zero-order chi connectivity index (χ0) is 21.8. The summed E-state index contributed by atoms with van der Waals surface area (Å²) in [6.07, 6.45) is -1.95. The maximum Gasteiger partial charge on any atom is 0.490 e. The van der Waals surface area contributed by atoms with Crippen LogP contribution in [0.5, 0.6) is 0 Å². The van der Waals surface area contributed by atoms with Crippen molar-refractivity contribution in [2.45, 2.75) is 44.9 Å². The van der Waals surface area contributed by atoms with E-state index in [1.54, 1.807) is 0 Å². The number of likely N-dealkylation sites (tertiary alicyclic amines) is 1. The molecule has 0 spiro atoms. The highest BCUT2D eigenvalue weighted by molar-refractivity contribution is 7.89. The third-order valence-corrected chi connectivity index (χ3v) is 6.81. The molecule has 2 heterocycles. The van der Waals surface area contributed by atoms with Crippen molar-refractivity contribution in [3.8, 4) is 0 Å². The average molecular weight is 453 g/mol. The maximum atomic E-state index is 11.5. The minimum absolute atomic E-state index is 0.0494. The Morgan fingerprint density at radius 3 is 2.48 bits per heavy atom. The number of sulfonamides is 1. The molecule has 1 aromatic heterocycles. The van der Waals surface area contributed by atoms with Crippen LogP contribution in [0.4, 0.5) is 13.2 Å². The van der Waals surface area contributed by atoms with Crippen LogP contribution < -0.4 is 5.14 Å². The van der Waals surface area contributed by atoms with E-state index in [0.29, 0.717) is 0 Å². The normalized spacial score (nSPS) is 18.3. The molecular formula is C18H23F3N2O4S2. The van der Waals surface area contributed by atoms with Crippen LogP contribution >= 0.6 is 11.3 Å². The Labute approximate surface area is 171 Å². The van der Waals surface area contributed by atoms with Gasteiger partial charge in [-0.25, -0.2) is 18.4 Å². The fourth-order valence-electron chi connectivity index (χ4n) is 3.29. The van der Waals surface area contributed by atoms with Crippen LogP contribution in [0.2, 0.25) is 0 Å². The first-order valence-electron chi connectivity index (χ1n) is 8.90. The number of carbonyl (C=O) groups is 1. The number of carboxylic acid groups (broad SMARTS) is 1.